The number of hydrogen-bond acceptors (Lipinski definition) is 3. The highest BCUT2D eigenvalue weighted by Crippen LogP contribution is 2.08. The molecular weight excluding hydrogens is 128 g/mol. The Bertz CT molecular complexity index is 137. The number of hydrogen-bond donors (Lipinski definition) is 1. The van der Waals surface area contributed by atoms with Crippen molar-refractivity contribution < 1.29 is 4.74 Å². The van der Waals surface area contributed by atoms with Crippen molar-refractivity contribution in [1.82, 2.24) is 0 Å². The minimum absolute atomic E-state index is 0.0506. The van der Waals surface area contributed by atoms with E-state index < -0.39 is 5.54 Å². The fourth-order valence-corrected chi connectivity index (χ4v) is 0.726. The number of rotatable bonds is 3. The van der Waals surface area contributed by atoms with Gasteiger partial charge in [-0.15, -0.1) is 0 Å². The molecule has 10 heavy (non-hydrogen) atoms. The molecule has 0 bridgehead atoms. The van der Waals surface area contributed by atoms with Crippen molar-refractivity contribution in [2.45, 2.75) is 31.9 Å². The fourth-order valence-electron chi connectivity index (χ4n) is 0.726. The quantitative estimate of drug-likeness (QED) is 0.629. The van der Waals surface area contributed by atoms with E-state index in [-0.39, 0.29) is 6.10 Å². The maximum atomic E-state index is 8.51. The molecule has 0 aliphatic carbocycles. The summed E-state index contributed by atoms with van der Waals surface area (Å²) in [6.45, 7) is 3.59. The molecule has 0 amide bonds. The molecule has 0 aliphatic heterocycles. The molecule has 0 fully saturated rings. The lowest BCUT2D eigenvalue weighted by Gasteiger charge is -2.18. The van der Waals surface area contributed by atoms with Crippen LogP contribution in [0.25, 0.3) is 0 Å². The van der Waals surface area contributed by atoms with Gasteiger partial charge in [-0.25, -0.2) is 0 Å². The number of methoxy groups -OCH3 is 1. The summed E-state index contributed by atoms with van der Waals surface area (Å²) in [7, 11) is 1.61. The fraction of sp³-hybridized carbons (Fsp3) is 0.857. The van der Waals surface area contributed by atoms with Gasteiger partial charge in [-0.1, -0.05) is 0 Å². The second-order valence-electron chi connectivity index (χ2n) is 2.78. The molecule has 0 spiro atoms. The lowest BCUT2D eigenvalue weighted by Crippen LogP contribution is -2.37. The zero-order valence-corrected chi connectivity index (χ0v) is 6.72. The van der Waals surface area contributed by atoms with Crippen LogP contribution in [-0.2, 0) is 4.74 Å². The second-order valence-corrected chi connectivity index (χ2v) is 2.78. The number of ether oxygens (including phenoxy) is 1. The summed E-state index contributed by atoms with van der Waals surface area (Å²) < 4.78 is 4.96. The highest BCUT2D eigenvalue weighted by atomic mass is 16.5. The van der Waals surface area contributed by atoms with E-state index in [1.807, 2.05) is 13.0 Å². The van der Waals surface area contributed by atoms with Gasteiger partial charge in [0.1, 0.15) is 5.54 Å². The SMILES string of the molecule is COC(C)CC(C)(N)C#N. The summed E-state index contributed by atoms with van der Waals surface area (Å²) in [4.78, 5) is 0. The Morgan fingerprint density at radius 2 is 2.30 bits per heavy atom. The van der Waals surface area contributed by atoms with Crippen molar-refractivity contribution in [3.05, 3.63) is 0 Å². The van der Waals surface area contributed by atoms with Crippen molar-refractivity contribution in [3.63, 3.8) is 0 Å². The first kappa shape index (κ1) is 9.41. The Balaban J connectivity index is 3.79. The minimum atomic E-state index is -0.755. The summed E-state index contributed by atoms with van der Waals surface area (Å²) in [6.07, 6.45) is 0.620. The normalized spacial score (nSPS) is 19.1. The summed E-state index contributed by atoms with van der Waals surface area (Å²) in [6, 6.07) is 2.00. The second kappa shape index (κ2) is 3.55. The summed E-state index contributed by atoms with van der Waals surface area (Å²) in [5.41, 5.74) is 4.80. The molecule has 0 saturated heterocycles. The molecular formula is C7H14N2O. The van der Waals surface area contributed by atoms with Gasteiger partial charge in [0.25, 0.3) is 0 Å². The largest absolute Gasteiger partial charge is 0.382 e. The smallest absolute Gasteiger partial charge is 0.103 e. The number of nitrogens with zero attached hydrogens (tertiary/aromatic N) is 1. The van der Waals surface area contributed by atoms with Crippen LogP contribution in [0.5, 0.6) is 0 Å². The van der Waals surface area contributed by atoms with Crippen LogP contribution in [0, 0.1) is 11.3 Å². The van der Waals surface area contributed by atoms with Crippen molar-refractivity contribution >= 4 is 0 Å². The standard InChI is InChI=1S/C7H14N2O/c1-6(10-3)4-7(2,9)5-8/h6H,4,9H2,1-3H3. The van der Waals surface area contributed by atoms with E-state index >= 15 is 0 Å². The minimum Gasteiger partial charge on any atom is -0.382 e. The van der Waals surface area contributed by atoms with Gasteiger partial charge in [0.15, 0.2) is 0 Å². The molecule has 0 radical (unpaired) electrons. The van der Waals surface area contributed by atoms with Gasteiger partial charge in [-0.05, 0) is 13.8 Å². The Morgan fingerprint density at radius 1 is 1.80 bits per heavy atom. The van der Waals surface area contributed by atoms with Crippen LogP contribution in [0.2, 0.25) is 0 Å². The van der Waals surface area contributed by atoms with E-state index in [1.54, 1.807) is 14.0 Å². The van der Waals surface area contributed by atoms with Gasteiger partial charge < -0.3 is 10.5 Å². The van der Waals surface area contributed by atoms with Gasteiger partial charge >= 0.3 is 0 Å². The van der Waals surface area contributed by atoms with E-state index in [4.69, 9.17) is 15.7 Å². The summed E-state index contributed by atoms with van der Waals surface area (Å²) in [5.74, 6) is 0. The van der Waals surface area contributed by atoms with Gasteiger partial charge in [0.2, 0.25) is 0 Å². The van der Waals surface area contributed by atoms with E-state index in [0.29, 0.717) is 6.42 Å². The molecule has 0 aromatic heterocycles. The lowest BCUT2D eigenvalue weighted by atomic mass is 9.98. The highest BCUT2D eigenvalue weighted by Gasteiger charge is 2.20. The number of nitriles is 1. The van der Waals surface area contributed by atoms with E-state index in [9.17, 15) is 0 Å². The molecule has 0 heterocycles. The van der Waals surface area contributed by atoms with Crippen LogP contribution in [0.4, 0.5) is 0 Å². The molecule has 0 saturated carbocycles. The van der Waals surface area contributed by atoms with Crippen LogP contribution >= 0.6 is 0 Å². The summed E-state index contributed by atoms with van der Waals surface area (Å²) >= 11 is 0. The topological polar surface area (TPSA) is 59.0 Å². The van der Waals surface area contributed by atoms with Crippen molar-refractivity contribution in [2.24, 2.45) is 5.73 Å². The molecule has 0 aliphatic rings. The Morgan fingerprint density at radius 3 is 2.60 bits per heavy atom. The van der Waals surface area contributed by atoms with Crippen LogP contribution < -0.4 is 5.73 Å². The van der Waals surface area contributed by atoms with Crippen LogP contribution in [0.15, 0.2) is 0 Å². The average Bonchev–Trinajstić information content (AvgIpc) is 1.87. The van der Waals surface area contributed by atoms with E-state index in [0.717, 1.165) is 0 Å². The molecule has 0 aromatic carbocycles. The average molecular weight is 142 g/mol. The van der Waals surface area contributed by atoms with Crippen LogP contribution in [0.1, 0.15) is 20.3 Å². The summed E-state index contributed by atoms with van der Waals surface area (Å²) in [5, 5.41) is 8.51. The Labute approximate surface area is 61.8 Å². The van der Waals surface area contributed by atoms with Crippen molar-refractivity contribution in [3.8, 4) is 6.07 Å². The Kier molecular flexibility index (Phi) is 3.34. The van der Waals surface area contributed by atoms with Crippen LogP contribution in [-0.4, -0.2) is 18.8 Å². The van der Waals surface area contributed by atoms with Gasteiger partial charge in [-0.3, -0.25) is 0 Å². The first-order valence-corrected chi connectivity index (χ1v) is 3.25. The predicted octanol–water partition coefficient (Wildman–Crippen LogP) is 0.652. The molecule has 58 valence electrons. The first-order valence-electron chi connectivity index (χ1n) is 3.25. The third-order valence-corrected chi connectivity index (χ3v) is 1.37. The molecule has 2 N–H and O–H groups in total. The molecule has 2 unspecified atom stereocenters. The van der Waals surface area contributed by atoms with Gasteiger partial charge in [-0.2, -0.15) is 5.26 Å². The molecule has 3 nitrogen and oxygen atoms in total. The third-order valence-electron chi connectivity index (χ3n) is 1.37. The van der Waals surface area contributed by atoms with Crippen LogP contribution in [0.3, 0.4) is 0 Å². The van der Waals surface area contributed by atoms with Crippen molar-refractivity contribution in [2.75, 3.05) is 7.11 Å². The van der Waals surface area contributed by atoms with Gasteiger partial charge in [0.05, 0.1) is 12.2 Å². The van der Waals surface area contributed by atoms with Crippen molar-refractivity contribution in [1.29, 1.82) is 5.26 Å². The predicted molar refractivity (Wildman–Crippen MR) is 39.3 cm³/mol. The van der Waals surface area contributed by atoms with Gasteiger partial charge in [0, 0.05) is 13.5 Å². The molecule has 0 aromatic rings. The monoisotopic (exact) mass is 142 g/mol. The zero-order chi connectivity index (χ0) is 8.20. The third kappa shape index (κ3) is 3.44. The maximum Gasteiger partial charge on any atom is 0.103 e. The number of nitrogens with two attached hydrogens (primary N) is 1. The molecule has 2 atom stereocenters. The molecule has 3 heteroatoms. The van der Waals surface area contributed by atoms with E-state index in [2.05, 4.69) is 0 Å². The Hall–Kier alpha value is -0.590. The van der Waals surface area contributed by atoms with E-state index in [1.165, 1.54) is 0 Å². The molecule has 0 rings (SSSR count). The maximum absolute atomic E-state index is 8.51. The zero-order valence-electron chi connectivity index (χ0n) is 6.72. The first-order chi connectivity index (χ1) is 4.52. The lowest BCUT2D eigenvalue weighted by molar-refractivity contribution is 0.0989. The highest BCUT2D eigenvalue weighted by molar-refractivity contribution is 5.01.